The summed E-state index contributed by atoms with van der Waals surface area (Å²) in [6.45, 7) is 2.19. The molecule has 5 aliphatic rings. The van der Waals surface area contributed by atoms with Gasteiger partial charge in [-0.1, -0.05) is 37.1 Å². The number of benzene rings is 1. The first-order valence-corrected chi connectivity index (χ1v) is 15.4. The molecule has 2 saturated heterocycles. The largest absolute Gasteiger partial charge is 0.341 e. The molecule has 1 aromatic carbocycles. The minimum Gasteiger partial charge on any atom is -0.341 e. The van der Waals surface area contributed by atoms with Gasteiger partial charge in [0.05, 0.1) is 35.9 Å². The van der Waals surface area contributed by atoms with Gasteiger partial charge in [0, 0.05) is 5.56 Å². The zero-order chi connectivity index (χ0) is 25.8. The predicted octanol–water partition coefficient (Wildman–Crippen LogP) is 6.57. The van der Waals surface area contributed by atoms with Crippen LogP contribution in [0.3, 0.4) is 0 Å². The Morgan fingerprint density at radius 2 is 1.26 bits per heavy atom. The van der Waals surface area contributed by atoms with Gasteiger partial charge in [-0.2, -0.15) is 0 Å². The maximum atomic E-state index is 4.82. The van der Waals surface area contributed by atoms with Crippen LogP contribution in [0.15, 0.2) is 36.7 Å². The number of nitrogens with one attached hydrogen (secondary N) is 4. The first-order valence-electron chi connectivity index (χ1n) is 15.4. The zero-order valence-electron chi connectivity index (χ0n) is 22.9. The Kier molecular flexibility index (Phi) is 5.88. The molecule has 0 amide bonds. The number of hydrogen-bond donors (Lipinski definition) is 4. The summed E-state index contributed by atoms with van der Waals surface area (Å²) in [4.78, 5) is 16.9. The predicted molar refractivity (Wildman–Crippen MR) is 156 cm³/mol. The van der Waals surface area contributed by atoms with Gasteiger partial charge >= 0.3 is 0 Å². The van der Waals surface area contributed by atoms with Crippen LogP contribution in [-0.2, 0) is 12.8 Å². The quantitative estimate of drug-likeness (QED) is 0.307. The second kappa shape index (κ2) is 9.60. The van der Waals surface area contributed by atoms with Gasteiger partial charge in [0.2, 0.25) is 0 Å². The molecule has 1 spiro atoms. The molecule has 8 rings (SSSR count). The van der Waals surface area contributed by atoms with Crippen LogP contribution < -0.4 is 10.6 Å². The van der Waals surface area contributed by atoms with Crippen LogP contribution in [0.2, 0.25) is 0 Å². The van der Waals surface area contributed by atoms with Gasteiger partial charge in [0.1, 0.15) is 11.6 Å². The highest BCUT2D eigenvalue weighted by atomic mass is 15.0. The van der Waals surface area contributed by atoms with Gasteiger partial charge < -0.3 is 20.6 Å². The van der Waals surface area contributed by atoms with Crippen molar-refractivity contribution in [1.29, 1.82) is 0 Å². The first kappa shape index (κ1) is 23.9. The van der Waals surface area contributed by atoms with Crippen LogP contribution in [0, 0.1) is 5.41 Å². The molecule has 2 aromatic heterocycles. The third-order valence-corrected chi connectivity index (χ3v) is 10.3. The smallest absolute Gasteiger partial charge is 0.123 e. The summed E-state index contributed by atoms with van der Waals surface area (Å²) in [5.74, 6) is 2.20. The lowest BCUT2D eigenvalue weighted by Crippen LogP contribution is -2.16. The van der Waals surface area contributed by atoms with Crippen molar-refractivity contribution >= 4 is 11.1 Å². The molecule has 3 fully saturated rings. The number of hydrogen-bond acceptors (Lipinski definition) is 4. The molecule has 4 N–H and O–H groups in total. The number of rotatable bonds is 5. The summed E-state index contributed by atoms with van der Waals surface area (Å²) in [5.41, 5.74) is 11.8. The molecule has 2 unspecified atom stereocenters. The Bertz CT molecular complexity index is 1440. The molecule has 39 heavy (non-hydrogen) atoms. The number of allylic oxidation sites excluding steroid dienone is 4. The fraction of sp³-hybridized carbons (Fsp3) is 0.515. The summed E-state index contributed by atoms with van der Waals surface area (Å²) in [7, 11) is 0. The standard InChI is InChI=1S/C33H40N6/c1-2-14-33(13-1)17-25-23(11-12-24(26(25)18-33)30-20-37-32(39-30)28-6-4-16-35-28)21-7-9-22(10-8-21)29-19-36-31(38-29)27-5-3-15-34-27/h7,9,11-12,19-20,27-28,34-35H,1-6,8,10,13-18H2,(H,36,38)(H,37,39). The van der Waals surface area contributed by atoms with Crippen molar-refractivity contribution in [2.75, 3.05) is 13.1 Å². The zero-order valence-corrected chi connectivity index (χ0v) is 22.9. The number of H-pyrrole nitrogens is 2. The maximum absolute atomic E-state index is 4.82. The molecular weight excluding hydrogens is 480 g/mol. The van der Waals surface area contributed by atoms with Crippen molar-refractivity contribution in [2.24, 2.45) is 5.41 Å². The minimum absolute atomic E-state index is 0.376. The molecule has 0 bridgehead atoms. The lowest BCUT2D eigenvalue weighted by Gasteiger charge is -2.22. The number of imidazole rings is 2. The summed E-state index contributed by atoms with van der Waals surface area (Å²) in [6, 6.07) is 5.57. The van der Waals surface area contributed by atoms with E-state index in [0.29, 0.717) is 17.5 Å². The van der Waals surface area contributed by atoms with Crippen molar-refractivity contribution < 1.29 is 0 Å². The summed E-state index contributed by atoms with van der Waals surface area (Å²) in [5, 5.41) is 7.16. The third kappa shape index (κ3) is 4.23. The molecule has 6 nitrogen and oxygen atoms in total. The summed E-state index contributed by atoms with van der Waals surface area (Å²) >= 11 is 0. The molecule has 1 saturated carbocycles. The van der Waals surface area contributed by atoms with Crippen molar-refractivity contribution in [3.05, 3.63) is 70.7 Å². The average Bonchev–Trinajstić information content (AvgIpc) is 3.81. The van der Waals surface area contributed by atoms with Crippen molar-refractivity contribution in [3.63, 3.8) is 0 Å². The van der Waals surface area contributed by atoms with Crippen LogP contribution in [0.5, 0.6) is 0 Å². The second-order valence-electron chi connectivity index (χ2n) is 12.7. The van der Waals surface area contributed by atoms with Crippen LogP contribution in [-0.4, -0.2) is 33.0 Å². The Morgan fingerprint density at radius 3 is 1.90 bits per heavy atom. The van der Waals surface area contributed by atoms with E-state index >= 15 is 0 Å². The van der Waals surface area contributed by atoms with E-state index in [1.807, 2.05) is 6.20 Å². The lowest BCUT2D eigenvalue weighted by molar-refractivity contribution is 0.318. The van der Waals surface area contributed by atoms with Gasteiger partial charge in [0.15, 0.2) is 0 Å². The molecule has 3 aliphatic carbocycles. The van der Waals surface area contributed by atoms with Crippen LogP contribution >= 0.6 is 0 Å². The van der Waals surface area contributed by atoms with E-state index < -0.39 is 0 Å². The number of fused-ring (bicyclic) bond motifs is 1. The third-order valence-electron chi connectivity index (χ3n) is 10.3. The van der Waals surface area contributed by atoms with Gasteiger partial charge in [-0.15, -0.1) is 0 Å². The molecule has 2 atom stereocenters. The van der Waals surface area contributed by atoms with Crippen LogP contribution in [0.1, 0.15) is 110 Å². The SMILES string of the molecule is C1=C(c2cnc(C3CCCN3)[nH]2)CCC(c2ccc(-c3cnc(C4CCCN4)[nH]3)c3c2CC2(CCCC2)C3)=C1. The maximum Gasteiger partial charge on any atom is 0.123 e. The average molecular weight is 521 g/mol. The summed E-state index contributed by atoms with van der Waals surface area (Å²) < 4.78 is 0. The molecular formula is C33H40N6. The number of aromatic nitrogens is 4. The molecule has 4 heterocycles. The summed E-state index contributed by atoms with van der Waals surface area (Å²) in [6.07, 6.45) is 23.8. The van der Waals surface area contributed by atoms with E-state index in [-0.39, 0.29) is 0 Å². The highest BCUT2D eigenvalue weighted by Crippen LogP contribution is 2.52. The van der Waals surface area contributed by atoms with E-state index in [1.165, 1.54) is 97.9 Å². The highest BCUT2D eigenvalue weighted by Gasteiger charge is 2.42. The minimum atomic E-state index is 0.376. The Labute approximate surface area is 231 Å². The first-order chi connectivity index (χ1) is 19.2. The van der Waals surface area contributed by atoms with Gasteiger partial charge in [-0.05, 0) is 111 Å². The molecule has 0 radical (unpaired) electrons. The Hall–Kier alpha value is -2.96. The van der Waals surface area contributed by atoms with E-state index in [2.05, 4.69) is 51.1 Å². The van der Waals surface area contributed by atoms with E-state index in [0.717, 1.165) is 37.6 Å². The number of nitrogens with zero attached hydrogens (tertiary/aromatic N) is 2. The van der Waals surface area contributed by atoms with E-state index in [1.54, 1.807) is 11.1 Å². The van der Waals surface area contributed by atoms with Gasteiger partial charge in [-0.25, -0.2) is 9.97 Å². The topological polar surface area (TPSA) is 81.4 Å². The normalized spacial score (nSPS) is 25.8. The number of aromatic amines is 2. The molecule has 3 aromatic rings. The van der Waals surface area contributed by atoms with Crippen molar-refractivity contribution in [3.8, 4) is 11.3 Å². The highest BCUT2D eigenvalue weighted by molar-refractivity contribution is 5.81. The Balaban J connectivity index is 1.12. The van der Waals surface area contributed by atoms with E-state index in [4.69, 9.17) is 9.97 Å². The van der Waals surface area contributed by atoms with Crippen molar-refractivity contribution in [1.82, 2.24) is 30.6 Å². The monoisotopic (exact) mass is 520 g/mol. The molecule has 202 valence electrons. The lowest BCUT2D eigenvalue weighted by atomic mass is 9.82. The molecule has 2 aliphatic heterocycles. The van der Waals surface area contributed by atoms with Gasteiger partial charge in [0.25, 0.3) is 0 Å². The van der Waals surface area contributed by atoms with Crippen molar-refractivity contribution in [2.45, 2.75) is 89.1 Å². The van der Waals surface area contributed by atoms with Crippen LogP contribution in [0.4, 0.5) is 0 Å². The second-order valence-corrected chi connectivity index (χ2v) is 12.7. The van der Waals surface area contributed by atoms with Gasteiger partial charge in [-0.3, -0.25) is 0 Å². The fourth-order valence-corrected chi connectivity index (χ4v) is 8.19. The fourth-order valence-electron chi connectivity index (χ4n) is 8.19. The molecule has 6 heteroatoms. The van der Waals surface area contributed by atoms with E-state index in [9.17, 15) is 0 Å². The van der Waals surface area contributed by atoms with Crippen LogP contribution in [0.25, 0.3) is 22.4 Å². The Morgan fingerprint density at radius 1 is 0.667 bits per heavy atom.